The van der Waals surface area contributed by atoms with Gasteiger partial charge in [0.15, 0.2) is 0 Å². The summed E-state index contributed by atoms with van der Waals surface area (Å²) >= 11 is 0. The van der Waals surface area contributed by atoms with Crippen molar-refractivity contribution < 1.29 is 4.18 Å². The molecular formula is C4H6OS. The molecule has 2 rings (SSSR count). The number of rotatable bonds is 0. The van der Waals surface area contributed by atoms with Gasteiger partial charge in [-0.1, -0.05) is 0 Å². The highest BCUT2D eigenvalue weighted by molar-refractivity contribution is 8.18. The Morgan fingerprint density at radius 3 is 2.83 bits per heavy atom. The SMILES string of the molecule is C1CC2=S(C1)O2. The predicted octanol–water partition coefficient (Wildman–Crippen LogP) is 1.12. The van der Waals surface area contributed by atoms with Gasteiger partial charge in [0.1, 0.15) is 5.05 Å². The summed E-state index contributed by atoms with van der Waals surface area (Å²) in [6.07, 6.45) is 2.65. The molecule has 0 aliphatic carbocycles. The first-order chi connectivity index (χ1) is 2.97. The Labute approximate surface area is 39.4 Å². The lowest BCUT2D eigenvalue weighted by Gasteiger charge is -1.85. The maximum Gasteiger partial charge on any atom is 0.116 e. The summed E-state index contributed by atoms with van der Waals surface area (Å²) in [6.45, 7) is 0. The van der Waals surface area contributed by atoms with E-state index in [4.69, 9.17) is 4.18 Å². The molecule has 0 saturated heterocycles. The smallest absolute Gasteiger partial charge is 0.116 e. The standard InChI is InChI=1S/C4H6OS/c1-2-4-5-6(4)3-1/h1-3H2. The zero-order chi connectivity index (χ0) is 3.98. The zero-order valence-corrected chi connectivity index (χ0v) is 4.25. The van der Waals surface area contributed by atoms with Crippen LogP contribution in [0.5, 0.6) is 0 Å². The second kappa shape index (κ2) is 0.873. The van der Waals surface area contributed by atoms with Gasteiger partial charge in [0, 0.05) is 12.2 Å². The van der Waals surface area contributed by atoms with E-state index in [1.165, 1.54) is 23.6 Å². The van der Waals surface area contributed by atoms with E-state index in [0.29, 0.717) is 10.8 Å². The Morgan fingerprint density at radius 1 is 1.67 bits per heavy atom. The van der Waals surface area contributed by atoms with E-state index in [2.05, 4.69) is 0 Å². The van der Waals surface area contributed by atoms with Crippen molar-refractivity contribution >= 4 is 15.8 Å². The Morgan fingerprint density at radius 2 is 2.67 bits per heavy atom. The highest BCUT2D eigenvalue weighted by Crippen LogP contribution is 2.42. The monoisotopic (exact) mass is 102 g/mol. The summed E-state index contributed by atoms with van der Waals surface area (Å²) < 4.78 is 5.10. The second-order valence-electron chi connectivity index (χ2n) is 1.61. The van der Waals surface area contributed by atoms with Crippen LogP contribution >= 0.6 is 10.8 Å². The van der Waals surface area contributed by atoms with E-state index in [9.17, 15) is 0 Å². The Balaban J connectivity index is 2.29. The molecule has 0 fully saturated rings. The van der Waals surface area contributed by atoms with Crippen molar-refractivity contribution in [2.24, 2.45) is 0 Å². The van der Waals surface area contributed by atoms with Crippen LogP contribution in [0, 0.1) is 0 Å². The van der Waals surface area contributed by atoms with Gasteiger partial charge >= 0.3 is 0 Å². The van der Waals surface area contributed by atoms with Gasteiger partial charge in [0.25, 0.3) is 0 Å². The van der Waals surface area contributed by atoms with Crippen LogP contribution < -0.4 is 0 Å². The van der Waals surface area contributed by atoms with Crippen molar-refractivity contribution in [3.05, 3.63) is 0 Å². The Hall–Kier alpha value is 0.180. The molecule has 1 unspecified atom stereocenters. The van der Waals surface area contributed by atoms with Crippen molar-refractivity contribution in [3.63, 3.8) is 0 Å². The molecule has 2 heteroatoms. The molecule has 2 aliphatic rings. The average molecular weight is 102 g/mol. The molecule has 0 radical (unpaired) electrons. The summed E-state index contributed by atoms with van der Waals surface area (Å²) in [5, 5.41) is 1.40. The van der Waals surface area contributed by atoms with Crippen molar-refractivity contribution in [2.45, 2.75) is 12.8 Å². The van der Waals surface area contributed by atoms with Crippen LogP contribution in [0.1, 0.15) is 12.8 Å². The molecule has 0 aromatic carbocycles. The van der Waals surface area contributed by atoms with E-state index in [1.54, 1.807) is 0 Å². The summed E-state index contributed by atoms with van der Waals surface area (Å²) in [6, 6.07) is 0. The Kier molecular flexibility index (Phi) is 0.468. The van der Waals surface area contributed by atoms with Gasteiger partial charge in [0.2, 0.25) is 0 Å². The molecule has 0 amide bonds. The number of hydrogen-bond acceptors (Lipinski definition) is 1. The molecule has 1 nitrogen and oxygen atoms in total. The zero-order valence-electron chi connectivity index (χ0n) is 3.44. The average Bonchev–Trinajstić information content (AvgIpc) is 2.17. The third-order valence-corrected chi connectivity index (χ3v) is 2.84. The lowest BCUT2D eigenvalue weighted by Crippen LogP contribution is -1.80. The third-order valence-electron chi connectivity index (χ3n) is 1.13. The van der Waals surface area contributed by atoms with Crippen LogP contribution in [0.25, 0.3) is 0 Å². The highest BCUT2D eigenvalue weighted by Gasteiger charge is 2.27. The van der Waals surface area contributed by atoms with Crippen LogP contribution in [0.2, 0.25) is 0 Å². The van der Waals surface area contributed by atoms with Crippen LogP contribution in [0.15, 0.2) is 0 Å². The minimum atomic E-state index is 0.410. The topological polar surface area (TPSA) is 12.5 Å². The minimum absolute atomic E-state index is 0.410. The van der Waals surface area contributed by atoms with E-state index < -0.39 is 0 Å². The van der Waals surface area contributed by atoms with Crippen molar-refractivity contribution in [3.8, 4) is 0 Å². The normalized spacial score (nSPS) is 40.0. The third kappa shape index (κ3) is 0.285. The quantitative estimate of drug-likeness (QED) is 0.417. The van der Waals surface area contributed by atoms with Crippen LogP contribution in [-0.2, 0) is 4.18 Å². The lowest BCUT2D eigenvalue weighted by molar-refractivity contribution is 0.666. The first-order valence-corrected chi connectivity index (χ1v) is 3.54. The van der Waals surface area contributed by atoms with Gasteiger partial charge < -0.3 is 0 Å². The van der Waals surface area contributed by atoms with Gasteiger partial charge in [-0.2, -0.15) is 0 Å². The maximum atomic E-state index is 5.10. The van der Waals surface area contributed by atoms with Crippen LogP contribution in [-0.4, -0.2) is 10.8 Å². The van der Waals surface area contributed by atoms with Crippen LogP contribution in [0.3, 0.4) is 0 Å². The van der Waals surface area contributed by atoms with E-state index in [-0.39, 0.29) is 0 Å². The fraction of sp³-hybridized carbons (Fsp3) is 0.750. The lowest BCUT2D eigenvalue weighted by atomic mass is 10.4. The molecule has 0 spiro atoms. The summed E-state index contributed by atoms with van der Waals surface area (Å²) in [7, 11) is 0.410. The first kappa shape index (κ1) is 3.22. The summed E-state index contributed by atoms with van der Waals surface area (Å²) in [5.74, 6) is 1.33. The van der Waals surface area contributed by atoms with Gasteiger partial charge in [-0.25, -0.2) is 0 Å². The van der Waals surface area contributed by atoms with E-state index in [1.807, 2.05) is 0 Å². The summed E-state index contributed by atoms with van der Waals surface area (Å²) in [5.41, 5.74) is 0. The largest absolute Gasteiger partial charge is 0.281 e. The fourth-order valence-corrected chi connectivity index (χ4v) is 2.26. The van der Waals surface area contributed by atoms with Crippen LogP contribution in [0.4, 0.5) is 0 Å². The van der Waals surface area contributed by atoms with Crippen molar-refractivity contribution in [1.82, 2.24) is 0 Å². The predicted molar refractivity (Wildman–Crippen MR) is 27.8 cm³/mol. The summed E-state index contributed by atoms with van der Waals surface area (Å²) in [4.78, 5) is 0. The van der Waals surface area contributed by atoms with Crippen molar-refractivity contribution in [1.29, 1.82) is 0 Å². The molecule has 1 atom stereocenters. The molecule has 34 valence electrons. The van der Waals surface area contributed by atoms with Gasteiger partial charge in [-0.15, -0.1) is 0 Å². The van der Waals surface area contributed by atoms with Crippen molar-refractivity contribution in [2.75, 3.05) is 5.75 Å². The van der Waals surface area contributed by atoms with Gasteiger partial charge in [0.05, 0.1) is 0 Å². The molecule has 0 bridgehead atoms. The fourth-order valence-electron chi connectivity index (χ4n) is 0.754. The molecule has 0 aromatic heterocycles. The van der Waals surface area contributed by atoms with E-state index >= 15 is 0 Å². The van der Waals surface area contributed by atoms with Gasteiger partial charge in [-0.3, -0.25) is 4.18 Å². The molecule has 0 aromatic rings. The molecule has 0 N–H and O–H groups in total. The molecular weight excluding hydrogens is 96.1 g/mol. The minimum Gasteiger partial charge on any atom is -0.281 e. The van der Waals surface area contributed by atoms with E-state index in [0.717, 1.165) is 0 Å². The molecule has 0 saturated carbocycles. The molecule has 6 heavy (non-hydrogen) atoms. The molecule has 2 aliphatic heterocycles. The first-order valence-electron chi connectivity index (χ1n) is 2.22. The maximum absolute atomic E-state index is 5.10. The molecule has 2 heterocycles. The van der Waals surface area contributed by atoms with Gasteiger partial charge in [-0.05, 0) is 17.2 Å². The highest BCUT2D eigenvalue weighted by atomic mass is 32.2. The number of hydrogen-bond donors (Lipinski definition) is 0. The Bertz CT molecular complexity index is 105. The second-order valence-corrected chi connectivity index (χ2v) is 3.33.